The van der Waals surface area contributed by atoms with E-state index in [0.29, 0.717) is 0 Å². The summed E-state index contributed by atoms with van der Waals surface area (Å²) in [5, 5.41) is 0. The molecule has 1 atom stereocenters. The number of rotatable bonds is 5. The maximum Gasteiger partial charge on any atom is 0.133 e. The van der Waals surface area contributed by atoms with E-state index in [1.165, 1.54) is 22.3 Å². The standard InChI is InChI=1S/C18H20Br2O/c1-4-10-21-17-9-8-14(11-16(17)19)18(20)15-7-5-6-12(2)13(15)3/h5-9,11,18H,4,10H2,1-3H3. The SMILES string of the molecule is CCCOc1ccc(C(Br)c2cccc(C)c2C)cc1Br. The maximum atomic E-state index is 5.71. The highest BCUT2D eigenvalue weighted by molar-refractivity contribution is 9.10. The normalized spacial score (nSPS) is 12.2. The summed E-state index contributed by atoms with van der Waals surface area (Å²) in [6.07, 6.45) is 1.01. The zero-order chi connectivity index (χ0) is 15.4. The van der Waals surface area contributed by atoms with Crippen molar-refractivity contribution in [3.8, 4) is 5.75 Å². The summed E-state index contributed by atoms with van der Waals surface area (Å²) in [6.45, 7) is 7.17. The fourth-order valence-electron chi connectivity index (χ4n) is 2.23. The van der Waals surface area contributed by atoms with Gasteiger partial charge in [0.1, 0.15) is 5.75 Å². The summed E-state index contributed by atoms with van der Waals surface area (Å²) in [6, 6.07) is 12.7. The first-order valence-electron chi connectivity index (χ1n) is 7.17. The van der Waals surface area contributed by atoms with Gasteiger partial charge < -0.3 is 4.74 Å². The fourth-order valence-corrected chi connectivity index (χ4v) is 3.52. The van der Waals surface area contributed by atoms with Crippen molar-refractivity contribution in [2.24, 2.45) is 0 Å². The van der Waals surface area contributed by atoms with E-state index in [-0.39, 0.29) is 4.83 Å². The molecular weight excluding hydrogens is 392 g/mol. The highest BCUT2D eigenvalue weighted by Crippen LogP contribution is 2.37. The van der Waals surface area contributed by atoms with Crippen LogP contribution in [0.5, 0.6) is 5.75 Å². The summed E-state index contributed by atoms with van der Waals surface area (Å²) >= 11 is 7.43. The van der Waals surface area contributed by atoms with Crippen LogP contribution in [0.1, 0.15) is 40.4 Å². The van der Waals surface area contributed by atoms with Gasteiger partial charge in [-0.05, 0) is 70.6 Å². The summed E-state index contributed by atoms with van der Waals surface area (Å²) in [7, 11) is 0. The number of aryl methyl sites for hydroxylation is 1. The molecule has 0 spiro atoms. The molecule has 0 fully saturated rings. The maximum absolute atomic E-state index is 5.71. The van der Waals surface area contributed by atoms with Crippen LogP contribution < -0.4 is 4.74 Å². The molecule has 0 aliphatic rings. The van der Waals surface area contributed by atoms with Crippen LogP contribution in [0.4, 0.5) is 0 Å². The molecule has 0 radical (unpaired) electrons. The van der Waals surface area contributed by atoms with Crippen LogP contribution in [-0.2, 0) is 0 Å². The van der Waals surface area contributed by atoms with Gasteiger partial charge >= 0.3 is 0 Å². The molecule has 0 N–H and O–H groups in total. The number of alkyl halides is 1. The van der Waals surface area contributed by atoms with Crippen LogP contribution in [0.3, 0.4) is 0 Å². The Bertz CT molecular complexity index is 623. The lowest BCUT2D eigenvalue weighted by atomic mass is 9.97. The molecule has 0 aliphatic heterocycles. The second kappa shape index (κ2) is 7.46. The minimum atomic E-state index is 0.189. The summed E-state index contributed by atoms with van der Waals surface area (Å²) < 4.78 is 6.71. The quantitative estimate of drug-likeness (QED) is 0.521. The van der Waals surface area contributed by atoms with Gasteiger partial charge in [-0.2, -0.15) is 0 Å². The number of hydrogen-bond acceptors (Lipinski definition) is 1. The zero-order valence-electron chi connectivity index (χ0n) is 12.6. The third kappa shape index (κ3) is 3.89. The van der Waals surface area contributed by atoms with E-state index in [1.54, 1.807) is 0 Å². The molecule has 1 nitrogen and oxygen atoms in total. The molecule has 0 heterocycles. The largest absolute Gasteiger partial charge is 0.492 e. The minimum Gasteiger partial charge on any atom is -0.492 e. The van der Waals surface area contributed by atoms with E-state index in [1.807, 2.05) is 6.07 Å². The average Bonchev–Trinajstić information content (AvgIpc) is 2.48. The Morgan fingerprint density at radius 2 is 1.90 bits per heavy atom. The summed E-state index contributed by atoms with van der Waals surface area (Å²) in [4.78, 5) is 0.189. The molecule has 0 aliphatic carbocycles. The predicted molar refractivity (Wildman–Crippen MR) is 96.6 cm³/mol. The molecule has 2 aromatic rings. The Hall–Kier alpha value is -0.800. The van der Waals surface area contributed by atoms with E-state index in [4.69, 9.17) is 4.74 Å². The molecule has 0 aromatic heterocycles. The molecular formula is C18H20Br2O. The third-order valence-electron chi connectivity index (χ3n) is 3.63. The molecule has 3 heteroatoms. The minimum absolute atomic E-state index is 0.189. The van der Waals surface area contributed by atoms with Crippen molar-refractivity contribution in [2.45, 2.75) is 32.0 Å². The van der Waals surface area contributed by atoms with Crippen molar-refractivity contribution in [2.75, 3.05) is 6.61 Å². The highest BCUT2D eigenvalue weighted by Gasteiger charge is 2.15. The van der Waals surface area contributed by atoms with Crippen LogP contribution >= 0.6 is 31.9 Å². The smallest absolute Gasteiger partial charge is 0.133 e. The number of benzene rings is 2. The summed E-state index contributed by atoms with van der Waals surface area (Å²) in [5.41, 5.74) is 5.18. The van der Waals surface area contributed by atoms with Crippen LogP contribution in [-0.4, -0.2) is 6.61 Å². The monoisotopic (exact) mass is 410 g/mol. The van der Waals surface area contributed by atoms with Gasteiger partial charge in [0.2, 0.25) is 0 Å². The van der Waals surface area contributed by atoms with E-state index in [0.717, 1.165) is 23.2 Å². The van der Waals surface area contributed by atoms with Gasteiger partial charge in [0.05, 0.1) is 15.9 Å². The van der Waals surface area contributed by atoms with Gasteiger partial charge in [-0.25, -0.2) is 0 Å². The van der Waals surface area contributed by atoms with Gasteiger partial charge in [0, 0.05) is 0 Å². The van der Waals surface area contributed by atoms with Crippen LogP contribution in [0.2, 0.25) is 0 Å². The molecule has 0 amide bonds. The zero-order valence-corrected chi connectivity index (χ0v) is 15.8. The van der Waals surface area contributed by atoms with Crippen molar-refractivity contribution in [3.05, 3.63) is 63.1 Å². The lowest BCUT2D eigenvalue weighted by molar-refractivity contribution is 0.315. The van der Waals surface area contributed by atoms with Gasteiger partial charge in [0.25, 0.3) is 0 Å². The molecule has 2 aromatic carbocycles. The molecule has 0 saturated carbocycles. The first-order valence-corrected chi connectivity index (χ1v) is 8.88. The molecule has 0 bridgehead atoms. The molecule has 21 heavy (non-hydrogen) atoms. The Labute approximate surface area is 144 Å². The molecule has 2 rings (SSSR count). The second-order valence-corrected chi connectivity index (χ2v) is 6.96. The Morgan fingerprint density at radius 1 is 1.14 bits per heavy atom. The van der Waals surface area contributed by atoms with E-state index in [2.05, 4.69) is 83.0 Å². The molecule has 0 saturated heterocycles. The Balaban J connectivity index is 2.29. The third-order valence-corrected chi connectivity index (χ3v) is 5.27. The second-order valence-electron chi connectivity index (χ2n) is 5.19. The van der Waals surface area contributed by atoms with Gasteiger partial charge in [0.15, 0.2) is 0 Å². The van der Waals surface area contributed by atoms with Crippen LogP contribution in [0, 0.1) is 13.8 Å². The first kappa shape index (κ1) is 16.6. The lowest BCUT2D eigenvalue weighted by Gasteiger charge is -2.16. The van der Waals surface area contributed by atoms with Gasteiger partial charge in [-0.1, -0.05) is 47.1 Å². The van der Waals surface area contributed by atoms with Crippen molar-refractivity contribution in [1.82, 2.24) is 0 Å². The average molecular weight is 412 g/mol. The van der Waals surface area contributed by atoms with Gasteiger partial charge in [-0.3, -0.25) is 0 Å². The van der Waals surface area contributed by atoms with Crippen LogP contribution in [0.25, 0.3) is 0 Å². The van der Waals surface area contributed by atoms with E-state index in [9.17, 15) is 0 Å². The molecule has 1 unspecified atom stereocenters. The topological polar surface area (TPSA) is 9.23 Å². The van der Waals surface area contributed by atoms with Gasteiger partial charge in [-0.15, -0.1) is 0 Å². The first-order chi connectivity index (χ1) is 10.0. The number of hydrogen-bond donors (Lipinski definition) is 0. The Kier molecular flexibility index (Phi) is 5.88. The predicted octanol–water partition coefficient (Wildman–Crippen LogP) is 6.34. The van der Waals surface area contributed by atoms with Crippen molar-refractivity contribution in [1.29, 1.82) is 0 Å². The highest BCUT2D eigenvalue weighted by atomic mass is 79.9. The number of ether oxygens (including phenoxy) is 1. The van der Waals surface area contributed by atoms with Crippen molar-refractivity contribution < 1.29 is 4.74 Å². The van der Waals surface area contributed by atoms with E-state index >= 15 is 0 Å². The van der Waals surface area contributed by atoms with E-state index < -0.39 is 0 Å². The van der Waals surface area contributed by atoms with Crippen LogP contribution in [0.15, 0.2) is 40.9 Å². The molecule has 112 valence electrons. The summed E-state index contributed by atoms with van der Waals surface area (Å²) in [5.74, 6) is 0.904. The van der Waals surface area contributed by atoms with Crippen molar-refractivity contribution in [3.63, 3.8) is 0 Å². The lowest BCUT2D eigenvalue weighted by Crippen LogP contribution is -1.99. The number of halogens is 2. The van der Waals surface area contributed by atoms with Crippen molar-refractivity contribution >= 4 is 31.9 Å². The fraction of sp³-hybridized carbons (Fsp3) is 0.333. The Morgan fingerprint density at radius 3 is 2.57 bits per heavy atom.